The Morgan fingerprint density at radius 3 is 2.52 bits per heavy atom. The van der Waals surface area contributed by atoms with E-state index in [0.717, 1.165) is 50.5 Å². The minimum Gasteiger partial charge on any atom is -0.508 e. The Balaban J connectivity index is 2.49. The molecule has 1 aliphatic carbocycles. The summed E-state index contributed by atoms with van der Waals surface area (Å²) in [4.78, 5) is 11.8. The Morgan fingerprint density at radius 1 is 1.24 bits per heavy atom. The second-order valence-electron chi connectivity index (χ2n) is 7.30. The summed E-state index contributed by atoms with van der Waals surface area (Å²) in [7, 11) is 0. The second kappa shape index (κ2) is 8.41. The van der Waals surface area contributed by atoms with Crippen molar-refractivity contribution in [3.8, 4) is 11.5 Å². The number of rotatable bonds is 7. The van der Waals surface area contributed by atoms with Gasteiger partial charge in [-0.05, 0) is 56.1 Å². The third-order valence-corrected chi connectivity index (χ3v) is 5.43. The lowest BCUT2D eigenvalue weighted by Crippen LogP contribution is -2.20. The highest BCUT2D eigenvalue weighted by Crippen LogP contribution is 2.49. The lowest BCUT2D eigenvalue weighted by molar-refractivity contribution is 0.0692. The van der Waals surface area contributed by atoms with Crippen molar-refractivity contribution in [3.63, 3.8) is 0 Å². The highest BCUT2D eigenvalue weighted by molar-refractivity contribution is 5.93. The van der Waals surface area contributed by atoms with Gasteiger partial charge >= 0.3 is 5.97 Å². The quantitative estimate of drug-likeness (QED) is 0.457. The molecular formula is C21H30O4. The number of aromatic hydroxyl groups is 2. The van der Waals surface area contributed by atoms with Gasteiger partial charge in [0.1, 0.15) is 17.1 Å². The van der Waals surface area contributed by atoms with Crippen LogP contribution in [0.5, 0.6) is 11.5 Å². The molecule has 0 spiro atoms. The van der Waals surface area contributed by atoms with E-state index in [1.807, 2.05) is 6.92 Å². The molecule has 0 heterocycles. The number of allylic oxidation sites excluding steroid dienone is 1. The minimum atomic E-state index is -1.13. The lowest BCUT2D eigenvalue weighted by atomic mass is 9.71. The van der Waals surface area contributed by atoms with Gasteiger partial charge in [-0.15, -0.1) is 0 Å². The van der Waals surface area contributed by atoms with Crippen LogP contribution in [-0.2, 0) is 6.42 Å². The Hall–Kier alpha value is -1.97. The number of unbranched alkanes of at least 4 members (excludes halogenated alkanes) is 2. The maximum absolute atomic E-state index is 11.8. The molecule has 0 bridgehead atoms. The second-order valence-corrected chi connectivity index (χ2v) is 7.30. The average molecular weight is 346 g/mol. The summed E-state index contributed by atoms with van der Waals surface area (Å²) in [6.45, 7) is 8.11. The first-order valence-electron chi connectivity index (χ1n) is 9.34. The monoisotopic (exact) mass is 346 g/mol. The molecule has 1 fully saturated rings. The molecule has 25 heavy (non-hydrogen) atoms. The maximum Gasteiger partial charge on any atom is 0.339 e. The molecule has 1 aromatic carbocycles. The van der Waals surface area contributed by atoms with Crippen molar-refractivity contribution in [2.24, 2.45) is 5.92 Å². The van der Waals surface area contributed by atoms with Crippen molar-refractivity contribution < 1.29 is 20.1 Å². The molecule has 2 atom stereocenters. The molecule has 1 unspecified atom stereocenters. The SMILES string of the molecule is C=C(C)C1CCCC[C@H]1c1c(O)cc(CCCCC)c(C(=O)O)c1O. The number of hydrogen-bond acceptors (Lipinski definition) is 3. The first-order chi connectivity index (χ1) is 11.9. The van der Waals surface area contributed by atoms with Crippen molar-refractivity contribution >= 4 is 5.97 Å². The normalized spacial score (nSPS) is 20.4. The first-order valence-corrected chi connectivity index (χ1v) is 9.34. The van der Waals surface area contributed by atoms with E-state index in [1.54, 1.807) is 6.07 Å². The van der Waals surface area contributed by atoms with E-state index in [2.05, 4.69) is 13.5 Å². The summed E-state index contributed by atoms with van der Waals surface area (Å²) in [6, 6.07) is 1.55. The average Bonchev–Trinajstić information content (AvgIpc) is 2.54. The summed E-state index contributed by atoms with van der Waals surface area (Å²) >= 11 is 0. The van der Waals surface area contributed by atoms with Crippen LogP contribution in [0, 0.1) is 5.92 Å². The van der Waals surface area contributed by atoms with Crippen LogP contribution in [0.3, 0.4) is 0 Å². The van der Waals surface area contributed by atoms with Crippen LogP contribution in [0.15, 0.2) is 18.2 Å². The Bertz CT molecular complexity index is 648. The van der Waals surface area contributed by atoms with Crippen molar-refractivity contribution in [2.75, 3.05) is 0 Å². The van der Waals surface area contributed by atoms with E-state index in [0.29, 0.717) is 17.5 Å². The number of carbonyl (C=O) groups is 1. The molecule has 4 heteroatoms. The highest BCUT2D eigenvalue weighted by atomic mass is 16.4. The zero-order valence-electron chi connectivity index (χ0n) is 15.3. The van der Waals surface area contributed by atoms with Crippen LogP contribution < -0.4 is 0 Å². The summed E-state index contributed by atoms with van der Waals surface area (Å²) in [5.41, 5.74) is 1.88. The van der Waals surface area contributed by atoms with Crippen LogP contribution in [0.1, 0.15) is 86.2 Å². The standard InChI is InChI=1S/C21H30O4/c1-4-5-6-9-14-12-17(22)19(20(23)18(14)21(24)25)16-11-8-7-10-15(16)13(2)3/h12,15-16,22-23H,2,4-11H2,1,3H3,(H,24,25)/t15?,16-/m1/s1. The third-order valence-electron chi connectivity index (χ3n) is 5.43. The third kappa shape index (κ3) is 4.17. The van der Waals surface area contributed by atoms with E-state index in [9.17, 15) is 20.1 Å². The van der Waals surface area contributed by atoms with Crippen LogP contribution in [0.4, 0.5) is 0 Å². The smallest absolute Gasteiger partial charge is 0.339 e. The van der Waals surface area contributed by atoms with Gasteiger partial charge in [-0.3, -0.25) is 0 Å². The maximum atomic E-state index is 11.8. The number of benzene rings is 1. The number of hydrogen-bond donors (Lipinski definition) is 3. The van der Waals surface area contributed by atoms with Gasteiger partial charge in [-0.2, -0.15) is 0 Å². The molecule has 0 aliphatic heterocycles. The van der Waals surface area contributed by atoms with Gasteiger partial charge < -0.3 is 15.3 Å². The molecule has 138 valence electrons. The molecular weight excluding hydrogens is 316 g/mol. The topological polar surface area (TPSA) is 77.8 Å². The van der Waals surface area contributed by atoms with E-state index >= 15 is 0 Å². The van der Waals surface area contributed by atoms with Gasteiger partial charge in [-0.25, -0.2) is 4.79 Å². The van der Waals surface area contributed by atoms with Crippen molar-refractivity contribution in [3.05, 3.63) is 34.9 Å². The fourth-order valence-corrected chi connectivity index (χ4v) is 4.16. The fourth-order valence-electron chi connectivity index (χ4n) is 4.16. The number of aryl methyl sites for hydroxylation is 1. The number of phenolic OH excluding ortho intramolecular Hbond substituents is 1. The summed E-state index contributed by atoms with van der Waals surface area (Å²) in [5.74, 6) is -1.27. The van der Waals surface area contributed by atoms with E-state index in [4.69, 9.17) is 0 Å². The van der Waals surface area contributed by atoms with Crippen molar-refractivity contribution in [1.82, 2.24) is 0 Å². The largest absolute Gasteiger partial charge is 0.508 e. The summed E-state index contributed by atoms with van der Waals surface area (Å²) in [6.07, 6.45) is 7.29. The van der Waals surface area contributed by atoms with Crippen LogP contribution in [-0.4, -0.2) is 21.3 Å². The molecule has 0 radical (unpaired) electrons. The molecule has 0 saturated heterocycles. The molecule has 4 nitrogen and oxygen atoms in total. The number of aromatic carboxylic acids is 1. The van der Waals surface area contributed by atoms with E-state index in [-0.39, 0.29) is 28.9 Å². The van der Waals surface area contributed by atoms with Gasteiger partial charge in [0.05, 0.1) is 0 Å². The van der Waals surface area contributed by atoms with Crippen LogP contribution in [0.2, 0.25) is 0 Å². The Morgan fingerprint density at radius 2 is 1.92 bits per heavy atom. The molecule has 1 aromatic rings. The lowest BCUT2D eigenvalue weighted by Gasteiger charge is -2.33. The van der Waals surface area contributed by atoms with Crippen LogP contribution >= 0.6 is 0 Å². The predicted molar refractivity (Wildman–Crippen MR) is 99.5 cm³/mol. The van der Waals surface area contributed by atoms with E-state index in [1.165, 1.54) is 0 Å². The Kier molecular flexibility index (Phi) is 6.51. The first kappa shape index (κ1) is 19.4. The molecule has 3 N–H and O–H groups in total. The summed E-state index contributed by atoms with van der Waals surface area (Å²) < 4.78 is 0. The van der Waals surface area contributed by atoms with Crippen molar-refractivity contribution in [1.29, 1.82) is 0 Å². The van der Waals surface area contributed by atoms with Crippen LogP contribution in [0.25, 0.3) is 0 Å². The van der Waals surface area contributed by atoms with Gasteiger partial charge in [-0.1, -0.05) is 44.8 Å². The zero-order valence-corrected chi connectivity index (χ0v) is 15.3. The van der Waals surface area contributed by atoms with Crippen molar-refractivity contribution in [2.45, 2.75) is 71.1 Å². The van der Waals surface area contributed by atoms with Gasteiger partial charge in [0.15, 0.2) is 0 Å². The summed E-state index contributed by atoms with van der Waals surface area (Å²) in [5, 5.41) is 31.0. The number of carboxylic acid groups (broad SMARTS) is 1. The minimum absolute atomic E-state index is 0.0205. The number of phenols is 2. The fraction of sp³-hybridized carbons (Fsp3) is 0.571. The Labute approximate surface area is 150 Å². The molecule has 2 rings (SSSR count). The van der Waals surface area contributed by atoms with Gasteiger partial charge in [0, 0.05) is 5.56 Å². The van der Waals surface area contributed by atoms with Gasteiger partial charge in [0.25, 0.3) is 0 Å². The van der Waals surface area contributed by atoms with Gasteiger partial charge in [0.2, 0.25) is 0 Å². The molecule has 0 aromatic heterocycles. The zero-order chi connectivity index (χ0) is 18.6. The highest BCUT2D eigenvalue weighted by Gasteiger charge is 2.33. The molecule has 1 saturated carbocycles. The predicted octanol–water partition coefficient (Wildman–Crippen LogP) is 5.38. The van der Waals surface area contributed by atoms with E-state index < -0.39 is 5.97 Å². The molecule has 1 aliphatic rings. The molecule has 0 amide bonds. The number of carboxylic acids is 1.